The number of hydrogen-bond donors (Lipinski definition) is 1. The van der Waals surface area contributed by atoms with E-state index in [1.165, 1.54) is 0 Å². The van der Waals surface area contributed by atoms with Gasteiger partial charge in [-0.05, 0) is 36.6 Å². The molecule has 4 nitrogen and oxygen atoms in total. The third-order valence-electron chi connectivity index (χ3n) is 4.60. The summed E-state index contributed by atoms with van der Waals surface area (Å²) in [7, 11) is 0. The lowest BCUT2D eigenvalue weighted by Gasteiger charge is -2.06. The van der Waals surface area contributed by atoms with E-state index in [0.29, 0.717) is 24.2 Å². The topological polar surface area (TPSA) is 59.3 Å². The Labute approximate surface area is 164 Å². The van der Waals surface area contributed by atoms with Crippen molar-refractivity contribution in [3.05, 3.63) is 101 Å². The highest BCUT2D eigenvalue weighted by atomic mass is 16.4. The normalized spacial score (nSPS) is 11.0. The second kappa shape index (κ2) is 9.00. The predicted molar refractivity (Wildman–Crippen MR) is 110 cm³/mol. The lowest BCUT2D eigenvalue weighted by molar-refractivity contribution is -0.136. The summed E-state index contributed by atoms with van der Waals surface area (Å²) in [5, 5.41) is 8.74. The summed E-state index contributed by atoms with van der Waals surface area (Å²) in [6, 6.07) is 19.2. The predicted octanol–water partition coefficient (Wildman–Crippen LogP) is 4.76. The Kier molecular flexibility index (Phi) is 6.22. The fourth-order valence-electron chi connectivity index (χ4n) is 2.98. The van der Waals surface area contributed by atoms with Gasteiger partial charge < -0.3 is 9.67 Å². The molecule has 3 rings (SSSR count). The first-order chi connectivity index (χ1) is 13.5. The second-order valence-corrected chi connectivity index (χ2v) is 6.78. The molecule has 0 aliphatic rings. The Morgan fingerprint density at radius 3 is 2.39 bits per heavy atom. The van der Waals surface area contributed by atoms with Crippen molar-refractivity contribution >= 4 is 17.8 Å². The van der Waals surface area contributed by atoms with Gasteiger partial charge in [-0.15, -0.1) is 0 Å². The van der Waals surface area contributed by atoms with Crippen molar-refractivity contribution in [1.82, 2.24) is 4.57 Å². The highest BCUT2D eigenvalue weighted by Gasteiger charge is 2.12. The molecule has 28 heavy (non-hydrogen) atoms. The van der Waals surface area contributed by atoms with Gasteiger partial charge >= 0.3 is 5.97 Å². The van der Waals surface area contributed by atoms with E-state index in [-0.39, 0.29) is 12.2 Å². The number of allylic oxidation sites excluding steroid dienone is 1. The van der Waals surface area contributed by atoms with Gasteiger partial charge in [0.2, 0.25) is 5.78 Å². The van der Waals surface area contributed by atoms with E-state index in [9.17, 15) is 9.59 Å². The zero-order valence-corrected chi connectivity index (χ0v) is 15.8. The molecule has 3 aromatic rings. The summed E-state index contributed by atoms with van der Waals surface area (Å²) in [5.41, 5.74) is 4.53. The van der Waals surface area contributed by atoms with Gasteiger partial charge in [0.1, 0.15) is 0 Å². The molecule has 2 aromatic carbocycles. The fraction of sp³-hybridized carbons (Fsp3) is 0.167. The largest absolute Gasteiger partial charge is 0.481 e. The summed E-state index contributed by atoms with van der Waals surface area (Å²) in [6.45, 7) is 2.60. The molecule has 0 saturated heterocycles. The van der Waals surface area contributed by atoms with Gasteiger partial charge in [-0.2, -0.15) is 0 Å². The Bertz CT molecular complexity index is 979. The number of carbonyl (C=O) groups excluding carboxylic acids is 1. The maximum Gasteiger partial charge on any atom is 0.303 e. The van der Waals surface area contributed by atoms with Crippen LogP contribution in [-0.2, 0) is 17.8 Å². The molecule has 0 atom stereocenters. The Morgan fingerprint density at radius 2 is 1.71 bits per heavy atom. The van der Waals surface area contributed by atoms with Crippen LogP contribution in [0.3, 0.4) is 0 Å². The Hall–Kier alpha value is -3.40. The minimum atomic E-state index is -0.785. The molecule has 1 N–H and O–H groups in total. The number of nitrogens with zero attached hydrogens (tertiary/aromatic N) is 1. The summed E-state index contributed by atoms with van der Waals surface area (Å²) in [4.78, 5) is 23.4. The maximum atomic E-state index is 12.7. The van der Waals surface area contributed by atoms with Crippen LogP contribution in [-0.4, -0.2) is 21.4 Å². The average Bonchev–Trinajstić information content (AvgIpc) is 3.16. The molecule has 0 aliphatic heterocycles. The Morgan fingerprint density at radius 1 is 1.00 bits per heavy atom. The van der Waals surface area contributed by atoms with E-state index >= 15 is 0 Å². The van der Waals surface area contributed by atoms with Gasteiger partial charge in [-0.3, -0.25) is 9.59 Å². The SMILES string of the molecule is Cc1ccc(C(=O)c2cccn2C/C=C/c2ccc(CCC(=O)O)cc2)cc1. The number of hydrogen-bond acceptors (Lipinski definition) is 2. The Balaban J connectivity index is 1.64. The van der Waals surface area contributed by atoms with Crippen molar-refractivity contribution in [2.24, 2.45) is 0 Å². The van der Waals surface area contributed by atoms with Gasteiger partial charge in [0.15, 0.2) is 0 Å². The number of ketones is 1. The molecule has 0 unspecified atom stereocenters. The number of aryl methyl sites for hydroxylation is 2. The first-order valence-corrected chi connectivity index (χ1v) is 9.27. The van der Waals surface area contributed by atoms with Gasteiger partial charge in [-0.25, -0.2) is 0 Å². The second-order valence-electron chi connectivity index (χ2n) is 6.78. The molecule has 0 aliphatic carbocycles. The number of rotatable bonds is 8. The first kappa shape index (κ1) is 19.4. The smallest absolute Gasteiger partial charge is 0.303 e. The van der Waals surface area contributed by atoms with E-state index in [1.54, 1.807) is 0 Å². The molecular formula is C24H23NO3. The summed E-state index contributed by atoms with van der Waals surface area (Å²) in [5.74, 6) is -0.770. The molecule has 0 bridgehead atoms. The molecular weight excluding hydrogens is 350 g/mol. The van der Waals surface area contributed by atoms with Crippen LogP contribution in [0.25, 0.3) is 6.08 Å². The van der Waals surface area contributed by atoms with E-state index in [2.05, 4.69) is 0 Å². The molecule has 0 fully saturated rings. The molecule has 4 heteroatoms. The molecule has 0 radical (unpaired) electrons. The number of carboxylic acid groups (broad SMARTS) is 1. The summed E-state index contributed by atoms with van der Waals surface area (Å²) < 4.78 is 1.93. The molecule has 0 amide bonds. The molecule has 142 valence electrons. The van der Waals surface area contributed by atoms with Gasteiger partial charge in [0.25, 0.3) is 0 Å². The van der Waals surface area contributed by atoms with Crippen molar-refractivity contribution in [3.63, 3.8) is 0 Å². The van der Waals surface area contributed by atoms with E-state index in [4.69, 9.17) is 5.11 Å². The first-order valence-electron chi connectivity index (χ1n) is 9.27. The minimum Gasteiger partial charge on any atom is -0.481 e. The third-order valence-corrected chi connectivity index (χ3v) is 4.60. The molecule has 1 aromatic heterocycles. The van der Waals surface area contributed by atoms with Crippen LogP contribution in [0.15, 0.2) is 72.9 Å². The van der Waals surface area contributed by atoms with Crippen molar-refractivity contribution in [1.29, 1.82) is 0 Å². The fourth-order valence-corrected chi connectivity index (χ4v) is 2.98. The van der Waals surface area contributed by atoms with Crippen LogP contribution in [0.5, 0.6) is 0 Å². The van der Waals surface area contributed by atoms with E-state index in [1.807, 2.05) is 90.5 Å². The quantitative estimate of drug-likeness (QED) is 0.579. The molecule has 0 saturated carbocycles. The van der Waals surface area contributed by atoms with E-state index in [0.717, 1.165) is 16.7 Å². The van der Waals surface area contributed by atoms with Crippen LogP contribution < -0.4 is 0 Å². The van der Waals surface area contributed by atoms with Crippen LogP contribution in [0, 0.1) is 6.92 Å². The lowest BCUT2D eigenvalue weighted by Crippen LogP contribution is -2.09. The summed E-state index contributed by atoms with van der Waals surface area (Å²) >= 11 is 0. The zero-order chi connectivity index (χ0) is 19.9. The van der Waals surface area contributed by atoms with Crippen LogP contribution in [0.1, 0.15) is 39.2 Å². The lowest BCUT2D eigenvalue weighted by atomic mass is 10.1. The number of benzene rings is 2. The highest BCUT2D eigenvalue weighted by Crippen LogP contribution is 2.13. The van der Waals surface area contributed by atoms with Gasteiger partial charge in [-0.1, -0.05) is 66.2 Å². The van der Waals surface area contributed by atoms with Crippen molar-refractivity contribution in [3.8, 4) is 0 Å². The van der Waals surface area contributed by atoms with Crippen molar-refractivity contribution in [2.45, 2.75) is 26.3 Å². The average molecular weight is 373 g/mol. The van der Waals surface area contributed by atoms with Gasteiger partial charge in [0, 0.05) is 24.7 Å². The third kappa shape index (κ3) is 5.07. The standard InChI is InChI=1S/C24H23NO3/c1-18-6-13-21(14-7-18)24(28)22-5-3-17-25(22)16-2-4-19-8-10-20(11-9-19)12-15-23(26)27/h2-11,13-14,17H,12,15-16H2,1H3,(H,26,27)/b4-2+. The molecule has 0 spiro atoms. The zero-order valence-electron chi connectivity index (χ0n) is 15.8. The number of carboxylic acids is 1. The number of carbonyl (C=O) groups is 2. The number of aromatic nitrogens is 1. The van der Waals surface area contributed by atoms with E-state index < -0.39 is 5.97 Å². The molecule has 1 heterocycles. The minimum absolute atomic E-state index is 0.0150. The van der Waals surface area contributed by atoms with Crippen molar-refractivity contribution < 1.29 is 14.7 Å². The maximum absolute atomic E-state index is 12.7. The number of aliphatic carboxylic acids is 1. The van der Waals surface area contributed by atoms with Crippen LogP contribution >= 0.6 is 0 Å². The van der Waals surface area contributed by atoms with Crippen molar-refractivity contribution in [2.75, 3.05) is 0 Å². The highest BCUT2D eigenvalue weighted by molar-refractivity contribution is 6.08. The monoisotopic (exact) mass is 373 g/mol. The summed E-state index contributed by atoms with van der Waals surface area (Å²) in [6.07, 6.45) is 6.59. The van der Waals surface area contributed by atoms with Gasteiger partial charge in [0.05, 0.1) is 5.69 Å². The van der Waals surface area contributed by atoms with Crippen LogP contribution in [0.4, 0.5) is 0 Å². The van der Waals surface area contributed by atoms with Crippen LogP contribution in [0.2, 0.25) is 0 Å².